The monoisotopic (exact) mass is 346 g/mol. The van der Waals surface area contributed by atoms with Gasteiger partial charge >= 0.3 is 0 Å². The number of hydrogen-bond acceptors (Lipinski definition) is 5. The number of nitrogen functional groups attached to an aromatic ring is 1. The smallest absolute Gasteiger partial charge is 0.131 e. The minimum Gasteiger partial charge on any atom is -0.399 e. The van der Waals surface area contributed by atoms with Crippen LogP contribution in [0, 0.1) is 0 Å². The van der Waals surface area contributed by atoms with Gasteiger partial charge in [-0.3, -0.25) is 0 Å². The SMILES string of the molecule is CO/N=C1\c2cc(Br)ccc2-c2ncnc(N)c2C1(C)C. The van der Waals surface area contributed by atoms with Crippen molar-refractivity contribution in [2.24, 2.45) is 5.16 Å². The number of hydrogen-bond donors (Lipinski definition) is 1. The van der Waals surface area contributed by atoms with Crippen molar-refractivity contribution < 1.29 is 4.84 Å². The van der Waals surface area contributed by atoms with E-state index in [-0.39, 0.29) is 0 Å². The van der Waals surface area contributed by atoms with Gasteiger partial charge in [0.15, 0.2) is 0 Å². The fourth-order valence-corrected chi connectivity index (χ4v) is 3.21. The van der Waals surface area contributed by atoms with Crippen molar-refractivity contribution in [2.75, 3.05) is 12.8 Å². The maximum absolute atomic E-state index is 6.11. The number of benzene rings is 1. The number of anilines is 1. The van der Waals surface area contributed by atoms with Crippen LogP contribution in [-0.2, 0) is 10.3 Å². The largest absolute Gasteiger partial charge is 0.399 e. The Labute approximate surface area is 131 Å². The molecule has 3 rings (SSSR count). The molecule has 21 heavy (non-hydrogen) atoms. The first-order chi connectivity index (χ1) is 9.96. The molecule has 0 saturated carbocycles. The lowest BCUT2D eigenvalue weighted by atomic mass is 9.70. The Morgan fingerprint density at radius 3 is 2.71 bits per heavy atom. The predicted octanol–water partition coefficient (Wildman–Crippen LogP) is 3.13. The zero-order valence-electron chi connectivity index (χ0n) is 12.0. The van der Waals surface area contributed by atoms with E-state index in [1.807, 2.05) is 32.0 Å². The molecule has 108 valence electrons. The van der Waals surface area contributed by atoms with Crippen LogP contribution in [0.2, 0.25) is 0 Å². The van der Waals surface area contributed by atoms with Crippen LogP contribution in [-0.4, -0.2) is 22.8 Å². The number of nitrogens with two attached hydrogens (primary N) is 1. The summed E-state index contributed by atoms with van der Waals surface area (Å²) in [5.74, 6) is 0.474. The Bertz CT molecular complexity index is 755. The van der Waals surface area contributed by atoms with Crippen molar-refractivity contribution >= 4 is 27.5 Å². The average Bonchev–Trinajstić information content (AvgIpc) is 2.43. The first kappa shape index (κ1) is 14.0. The lowest BCUT2D eigenvalue weighted by molar-refractivity contribution is 0.211. The minimum atomic E-state index is -0.440. The number of oxime groups is 1. The fourth-order valence-electron chi connectivity index (χ4n) is 2.85. The molecule has 0 saturated heterocycles. The van der Waals surface area contributed by atoms with Crippen molar-refractivity contribution in [1.29, 1.82) is 0 Å². The Balaban J connectivity index is 2.44. The van der Waals surface area contributed by atoms with Crippen LogP contribution in [0.5, 0.6) is 0 Å². The van der Waals surface area contributed by atoms with Gasteiger partial charge in [0.05, 0.1) is 11.4 Å². The summed E-state index contributed by atoms with van der Waals surface area (Å²) in [6.45, 7) is 4.10. The van der Waals surface area contributed by atoms with Crippen molar-refractivity contribution in [3.8, 4) is 11.3 Å². The van der Waals surface area contributed by atoms with E-state index in [2.05, 4.69) is 31.1 Å². The van der Waals surface area contributed by atoms with E-state index in [1.54, 1.807) is 7.11 Å². The van der Waals surface area contributed by atoms with Crippen LogP contribution in [0.1, 0.15) is 25.0 Å². The number of nitrogens with zero attached hydrogens (tertiary/aromatic N) is 3. The molecule has 0 aliphatic heterocycles. The van der Waals surface area contributed by atoms with E-state index in [4.69, 9.17) is 10.6 Å². The average molecular weight is 347 g/mol. The molecule has 6 heteroatoms. The third-order valence-electron chi connectivity index (χ3n) is 3.77. The molecule has 0 bridgehead atoms. The second-order valence-corrected chi connectivity index (χ2v) is 6.34. The third kappa shape index (κ3) is 2.01. The summed E-state index contributed by atoms with van der Waals surface area (Å²) in [6, 6.07) is 6.00. The predicted molar refractivity (Wildman–Crippen MR) is 86.2 cm³/mol. The zero-order chi connectivity index (χ0) is 15.2. The van der Waals surface area contributed by atoms with Crippen LogP contribution >= 0.6 is 15.9 Å². The van der Waals surface area contributed by atoms with Crippen LogP contribution in [0.4, 0.5) is 5.82 Å². The quantitative estimate of drug-likeness (QED) is 0.805. The van der Waals surface area contributed by atoms with Gasteiger partial charge < -0.3 is 10.6 Å². The Hall–Kier alpha value is -1.95. The molecule has 2 aromatic rings. The standard InChI is InChI=1S/C15H15BrN4O/c1-15(2)11-12(18-7-19-14(11)17)9-5-4-8(16)6-10(9)13(15)20-21-3/h4-7H,1-3H3,(H2,17,18,19)/b20-13+. The van der Waals surface area contributed by atoms with Gasteiger partial charge in [-0.2, -0.15) is 0 Å². The van der Waals surface area contributed by atoms with Crippen molar-refractivity contribution in [2.45, 2.75) is 19.3 Å². The Kier molecular flexibility index (Phi) is 3.20. The molecule has 1 aliphatic rings. The molecule has 0 spiro atoms. The van der Waals surface area contributed by atoms with E-state index in [1.165, 1.54) is 6.33 Å². The second kappa shape index (κ2) is 4.80. The van der Waals surface area contributed by atoms with Gasteiger partial charge in [0, 0.05) is 26.6 Å². The summed E-state index contributed by atoms with van der Waals surface area (Å²) in [5.41, 5.74) is 10.2. The highest BCUT2D eigenvalue weighted by Gasteiger charge is 2.40. The van der Waals surface area contributed by atoms with E-state index in [0.717, 1.165) is 32.6 Å². The van der Waals surface area contributed by atoms with Crippen LogP contribution < -0.4 is 5.73 Å². The van der Waals surface area contributed by atoms with Gasteiger partial charge in [0.1, 0.15) is 19.3 Å². The lowest BCUT2D eigenvalue weighted by Crippen LogP contribution is -2.36. The molecule has 1 aromatic heterocycles. The van der Waals surface area contributed by atoms with E-state index < -0.39 is 5.41 Å². The normalized spacial score (nSPS) is 17.2. The first-order valence-corrected chi connectivity index (χ1v) is 7.29. The summed E-state index contributed by atoms with van der Waals surface area (Å²) in [4.78, 5) is 13.6. The molecule has 0 unspecified atom stereocenters. The van der Waals surface area contributed by atoms with Gasteiger partial charge in [0.2, 0.25) is 0 Å². The maximum Gasteiger partial charge on any atom is 0.131 e. The van der Waals surface area contributed by atoms with Crippen molar-refractivity contribution in [3.63, 3.8) is 0 Å². The zero-order valence-corrected chi connectivity index (χ0v) is 13.6. The van der Waals surface area contributed by atoms with Gasteiger partial charge in [-0.15, -0.1) is 0 Å². The molecular formula is C15H15BrN4O. The highest BCUT2D eigenvalue weighted by atomic mass is 79.9. The van der Waals surface area contributed by atoms with Crippen LogP contribution in [0.25, 0.3) is 11.3 Å². The Morgan fingerprint density at radius 2 is 2.00 bits per heavy atom. The van der Waals surface area contributed by atoms with Gasteiger partial charge in [-0.1, -0.05) is 27.2 Å². The van der Waals surface area contributed by atoms with E-state index in [0.29, 0.717) is 5.82 Å². The molecule has 0 amide bonds. The lowest BCUT2D eigenvalue weighted by Gasteiger charge is -2.34. The molecule has 0 fully saturated rings. The van der Waals surface area contributed by atoms with Crippen molar-refractivity contribution in [1.82, 2.24) is 9.97 Å². The molecule has 1 heterocycles. The molecule has 2 N–H and O–H groups in total. The van der Waals surface area contributed by atoms with E-state index in [9.17, 15) is 0 Å². The fraction of sp³-hybridized carbons (Fsp3) is 0.267. The van der Waals surface area contributed by atoms with Gasteiger partial charge in [0.25, 0.3) is 0 Å². The molecule has 1 aliphatic carbocycles. The molecule has 5 nitrogen and oxygen atoms in total. The molecular weight excluding hydrogens is 332 g/mol. The number of fused-ring (bicyclic) bond motifs is 3. The maximum atomic E-state index is 6.11. The summed E-state index contributed by atoms with van der Waals surface area (Å²) in [5, 5.41) is 4.24. The minimum absolute atomic E-state index is 0.440. The topological polar surface area (TPSA) is 73.4 Å². The molecule has 1 aromatic carbocycles. The summed E-state index contributed by atoms with van der Waals surface area (Å²) in [7, 11) is 1.54. The summed E-state index contributed by atoms with van der Waals surface area (Å²) >= 11 is 3.51. The van der Waals surface area contributed by atoms with Gasteiger partial charge in [-0.05, 0) is 26.0 Å². The van der Waals surface area contributed by atoms with Crippen LogP contribution in [0.3, 0.4) is 0 Å². The number of rotatable bonds is 1. The molecule has 0 radical (unpaired) electrons. The number of aromatic nitrogens is 2. The van der Waals surface area contributed by atoms with Crippen LogP contribution in [0.15, 0.2) is 34.2 Å². The highest BCUT2D eigenvalue weighted by molar-refractivity contribution is 9.10. The second-order valence-electron chi connectivity index (χ2n) is 5.42. The number of halogens is 1. The Morgan fingerprint density at radius 1 is 1.24 bits per heavy atom. The van der Waals surface area contributed by atoms with Gasteiger partial charge in [-0.25, -0.2) is 9.97 Å². The van der Waals surface area contributed by atoms with E-state index >= 15 is 0 Å². The summed E-state index contributed by atoms with van der Waals surface area (Å²) in [6.07, 6.45) is 1.49. The summed E-state index contributed by atoms with van der Waals surface area (Å²) < 4.78 is 0.978. The third-order valence-corrected chi connectivity index (χ3v) is 4.26. The first-order valence-electron chi connectivity index (χ1n) is 6.49. The van der Waals surface area contributed by atoms with Crippen molar-refractivity contribution in [3.05, 3.63) is 40.1 Å². The highest BCUT2D eigenvalue weighted by Crippen LogP contribution is 2.44. The molecule has 0 atom stereocenters.